The number of amides is 1. The van der Waals surface area contributed by atoms with E-state index in [0.717, 1.165) is 11.1 Å². The molecule has 0 saturated carbocycles. The lowest BCUT2D eigenvalue weighted by Crippen LogP contribution is -2.27. The number of nitrogens with one attached hydrogen (secondary N) is 1. The second kappa shape index (κ2) is 7.00. The van der Waals surface area contributed by atoms with Gasteiger partial charge in [-0.2, -0.15) is 0 Å². The van der Waals surface area contributed by atoms with Gasteiger partial charge in [0.15, 0.2) is 5.76 Å². The number of nitrogens with zero attached hydrogens (tertiary/aromatic N) is 1. The number of benzene rings is 2. The summed E-state index contributed by atoms with van der Waals surface area (Å²) >= 11 is 0. The summed E-state index contributed by atoms with van der Waals surface area (Å²) in [5.41, 5.74) is 2.28. The largest absolute Gasteiger partial charge is 0.444 e. The smallest absolute Gasteiger partial charge is 0.412 e. The van der Waals surface area contributed by atoms with Crippen molar-refractivity contribution in [3.8, 4) is 22.6 Å². The summed E-state index contributed by atoms with van der Waals surface area (Å²) in [7, 11) is 0. The number of carbonyl (C=O) groups is 1. The molecule has 1 N–H and O–H groups in total. The van der Waals surface area contributed by atoms with Crippen LogP contribution in [0, 0.1) is 5.82 Å². The molecule has 3 rings (SSSR count). The molecular weight excluding hydrogens is 335 g/mol. The molecule has 5 nitrogen and oxygen atoms in total. The topological polar surface area (TPSA) is 64.4 Å². The van der Waals surface area contributed by atoms with Gasteiger partial charge < -0.3 is 9.26 Å². The van der Waals surface area contributed by atoms with Crippen LogP contribution in [0.5, 0.6) is 0 Å². The van der Waals surface area contributed by atoms with E-state index < -0.39 is 11.7 Å². The van der Waals surface area contributed by atoms with Crippen LogP contribution in [-0.2, 0) is 4.74 Å². The molecule has 0 bridgehead atoms. The number of rotatable bonds is 3. The molecule has 26 heavy (non-hydrogen) atoms. The maximum Gasteiger partial charge on any atom is 0.412 e. The number of carbonyl (C=O) groups excluding carboxylic acids is 1. The van der Waals surface area contributed by atoms with E-state index in [-0.39, 0.29) is 5.82 Å². The Morgan fingerprint density at radius 2 is 1.65 bits per heavy atom. The van der Waals surface area contributed by atoms with Crippen molar-refractivity contribution >= 4 is 11.8 Å². The lowest BCUT2D eigenvalue weighted by atomic mass is 10.1. The van der Waals surface area contributed by atoms with E-state index in [9.17, 15) is 9.18 Å². The molecule has 0 aliphatic carbocycles. The van der Waals surface area contributed by atoms with Crippen molar-refractivity contribution in [3.05, 3.63) is 60.4 Å². The quantitative estimate of drug-likeness (QED) is 0.675. The van der Waals surface area contributed by atoms with Crippen LogP contribution in [0.2, 0.25) is 0 Å². The van der Waals surface area contributed by atoms with Crippen molar-refractivity contribution in [3.63, 3.8) is 0 Å². The van der Waals surface area contributed by atoms with Gasteiger partial charge in [0.05, 0.1) is 0 Å². The number of ether oxygens (including phenoxy) is 1. The minimum Gasteiger partial charge on any atom is -0.444 e. The molecule has 1 aromatic heterocycles. The maximum atomic E-state index is 13.0. The van der Waals surface area contributed by atoms with Gasteiger partial charge in [0.1, 0.15) is 17.1 Å². The van der Waals surface area contributed by atoms with Crippen LogP contribution < -0.4 is 5.32 Å². The number of halogens is 1. The van der Waals surface area contributed by atoms with Crippen LogP contribution in [0.4, 0.5) is 14.9 Å². The molecule has 0 atom stereocenters. The molecule has 0 radical (unpaired) electrons. The molecule has 0 fully saturated rings. The molecule has 2 aromatic carbocycles. The number of hydrogen-bond donors (Lipinski definition) is 1. The first-order chi connectivity index (χ1) is 12.3. The average molecular weight is 354 g/mol. The Bertz CT molecular complexity index is 894. The van der Waals surface area contributed by atoms with Gasteiger partial charge in [-0.15, -0.1) is 0 Å². The third-order valence-electron chi connectivity index (χ3n) is 3.46. The van der Waals surface area contributed by atoms with Gasteiger partial charge in [0.2, 0.25) is 0 Å². The number of anilines is 1. The monoisotopic (exact) mass is 354 g/mol. The van der Waals surface area contributed by atoms with Crippen molar-refractivity contribution in [2.45, 2.75) is 26.4 Å². The van der Waals surface area contributed by atoms with E-state index >= 15 is 0 Å². The number of aromatic nitrogens is 1. The molecule has 1 heterocycles. The summed E-state index contributed by atoms with van der Waals surface area (Å²) in [5.74, 6) is 0.248. The first-order valence-electron chi connectivity index (χ1n) is 8.13. The first-order valence-corrected chi connectivity index (χ1v) is 8.13. The van der Waals surface area contributed by atoms with Gasteiger partial charge in [-0.1, -0.05) is 17.3 Å². The normalized spacial score (nSPS) is 11.2. The van der Waals surface area contributed by atoms with Crippen molar-refractivity contribution in [2.24, 2.45) is 0 Å². The van der Waals surface area contributed by atoms with Gasteiger partial charge in [-0.25, -0.2) is 9.18 Å². The Morgan fingerprint density at radius 3 is 2.27 bits per heavy atom. The molecule has 0 aliphatic heterocycles. The summed E-state index contributed by atoms with van der Waals surface area (Å²) < 4.78 is 23.6. The van der Waals surface area contributed by atoms with Crippen LogP contribution in [0.25, 0.3) is 22.6 Å². The molecule has 0 saturated heterocycles. The fourth-order valence-corrected chi connectivity index (χ4v) is 2.31. The zero-order valence-corrected chi connectivity index (χ0v) is 14.7. The lowest BCUT2D eigenvalue weighted by molar-refractivity contribution is 0.0636. The average Bonchev–Trinajstić information content (AvgIpc) is 3.04. The minimum absolute atomic E-state index is 0.304. The summed E-state index contributed by atoms with van der Waals surface area (Å²) in [6.45, 7) is 5.41. The zero-order chi connectivity index (χ0) is 18.7. The SMILES string of the molecule is CC(C)(C)OC(=O)Nc1ccc(-c2cc(-c3ccc(F)cc3)on2)cc1. The van der Waals surface area contributed by atoms with Crippen LogP contribution in [-0.4, -0.2) is 16.9 Å². The molecule has 0 aliphatic rings. The molecule has 134 valence electrons. The van der Waals surface area contributed by atoms with Gasteiger partial charge in [0.25, 0.3) is 0 Å². The van der Waals surface area contributed by atoms with Crippen molar-refractivity contribution in [1.82, 2.24) is 5.16 Å². The highest BCUT2D eigenvalue weighted by molar-refractivity contribution is 5.85. The Labute approximate surface area is 150 Å². The van der Waals surface area contributed by atoms with Gasteiger partial charge >= 0.3 is 6.09 Å². The van der Waals surface area contributed by atoms with E-state index in [1.165, 1.54) is 12.1 Å². The molecule has 1 amide bonds. The minimum atomic E-state index is -0.554. The van der Waals surface area contributed by atoms with E-state index in [0.29, 0.717) is 17.1 Å². The highest BCUT2D eigenvalue weighted by atomic mass is 19.1. The van der Waals surface area contributed by atoms with Crippen molar-refractivity contribution in [2.75, 3.05) is 5.32 Å². The van der Waals surface area contributed by atoms with Crippen LogP contribution in [0.15, 0.2) is 59.1 Å². The second-order valence-electron chi connectivity index (χ2n) is 6.79. The Kier molecular flexibility index (Phi) is 4.75. The van der Waals surface area contributed by atoms with E-state index in [4.69, 9.17) is 9.26 Å². The molecular formula is C20H19FN2O3. The fraction of sp³-hybridized carbons (Fsp3) is 0.200. The Balaban J connectivity index is 1.71. The lowest BCUT2D eigenvalue weighted by Gasteiger charge is -2.19. The van der Waals surface area contributed by atoms with Crippen molar-refractivity contribution in [1.29, 1.82) is 0 Å². The second-order valence-corrected chi connectivity index (χ2v) is 6.79. The zero-order valence-electron chi connectivity index (χ0n) is 14.7. The summed E-state index contributed by atoms with van der Waals surface area (Å²) in [6, 6.07) is 14.9. The fourth-order valence-electron chi connectivity index (χ4n) is 2.31. The molecule has 6 heteroatoms. The summed E-state index contributed by atoms with van der Waals surface area (Å²) in [5, 5.41) is 6.72. The van der Waals surface area contributed by atoms with Crippen LogP contribution in [0.1, 0.15) is 20.8 Å². The van der Waals surface area contributed by atoms with E-state index in [1.54, 1.807) is 51.1 Å². The van der Waals surface area contributed by atoms with Crippen molar-refractivity contribution < 1.29 is 18.4 Å². The molecule has 0 spiro atoms. The Hall–Kier alpha value is -3.15. The highest BCUT2D eigenvalue weighted by Gasteiger charge is 2.16. The van der Waals surface area contributed by atoms with Crippen LogP contribution in [0.3, 0.4) is 0 Å². The van der Waals surface area contributed by atoms with Gasteiger partial charge in [-0.3, -0.25) is 5.32 Å². The van der Waals surface area contributed by atoms with Crippen LogP contribution >= 0.6 is 0 Å². The highest BCUT2D eigenvalue weighted by Crippen LogP contribution is 2.27. The number of hydrogen-bond acceptors (Lipinski definition) is 4. The molecule has 0 unspecified atom stereocenters. The Morgan fingerprint density at radius 1 is 1.04 bits per heavy atom. The van der Waals surface area contributed by atoms with Gasteiger partial charge in [0, 0.05) is 22.9 Å². The summed E-state index contributed by atoms with van der Waals surface area (Å²) in [4.78, 5) is 11.8. The predicted octanol–water partition coefficient (Wildman–Crippen LogP) is 5.49. The third-order valence-corrected chi connectivity index (χ3v) is 3.46. The molecule has 3 aromatic rings. The third kappa shape index (κ3) is 4.47. The van der Waals surface area contributed by atoms with Gasteiger partial charge in [-0.05, 0) is 57.2 Å². The first kappa shape index (κ1) is 17.7. The standard InChI is InChI=1S/C20H19FN2O3/c1-20(2,3)25-19(24)22-16-10-6-13(7-11-16)17-12-18(26-23-17)14-4-8-15(21)9-5-14/h4-12H,1-3H3,(H,22,24). The predicted molar refractivity (Wildman–Crippen MR) is 97.2 cm³/mol. The summed E-state index contributed by atoms with van der Waals surface area (Å²) in [6.07, 6.45) is -0.509. The maximum absolute atomic E-state index is 13.0. The van der Waals surface area contributed by atoms with E-state index in [2.05, 4.69) is 10.5 Å². The van der Waals surface area contributed by atoms with E-state index in [1.807, 2.05) is 12.1 Å².